The van der Waals surface area contributed by atoms with Crippen LogP contribution in [0.3, 0.4) is 0 Å². The second kappa shape index (κ2) is 19.5. The number of rotatable bonds is 8. The van der Waals surface area contributed by atoms with Crippen LogP contribution < -0.4 is 11.1 Å². The van der Waals surface area contributed by atoms with Crippen LogP contribution in [0.25, 0.3) is 0 Å². The third-order valence-electron chi connectivity index (χ3n) is 20.4. The molecule has 13 heteroatoms. The van der Waals surface area contributed by atoms with Crippen molar-refractivity contribution in [3.05, 3.63) is 83.2 Å². The normalized spacial score (nSPS) is 44.5. The second-order valence-electron chi connectivity index (χ2n) is 24.1. The van der Waals surface area contributed by atoms with Gasteiger partial charge < -0.3 is 51.4 Å². The Balaban J connectivity index is 1.08. The van der Waals surface area contributed by atoms with Crippen LogP contribution in [0, 0.1) is 87.8 Å². The number of nitrogens with two attached hydrogens (primary N) is 1. The Labute approximate surface area is 419 Å². The van der Waals surface area contributed by atoms with Gasteiger partial charge in [-0.15, -0.1) is 5.92 Å². The summed E-state index contributed by atoms with van der Waals surface area (Å²) in [6.07, 6.45) is 11.2. The lowest BCUT2D eigenvalue weighted by Gasteiger charge is -2.61. The van der Waals surface area contributed by atoms with Gasteiger partial charge in [0.1, 0.15) is 0 Å². The van der Waals surface area contributed by atoms with Gasteiger partial charge in [0.05, 0.1) is 48.6 Å². The Morgan fingerprint density at radius 1 is 0.972 bits per heavy atom. The van der Waals surface area contributed by atoms with Gasteiger partial charge in [-0.25, -0.2) is 4.99 Å². The molecule has 10 rings (SSSR count). The van der Waals surface area contributed by atoms with Crippen molar-refractivity contribution < 1.29 is 45.0 Å². The molecule has 0 bridgehead atoms. The van der Waals surface area contributed by atoms with E-state index in [1.807, 2.05) is 55.7 Å². The number of benzene rings is 1. The topological polar surface area (TPSA) is 231 Å². The van der Waals surface area contributed by atoms with Crippen LogP contribution in [0.5, 0.6) is 0 Å². The van der Waals surface area contributed by atoms with Gasteiger partial charge in [0.2, 0.25) is 0 Å². The fraction of sp³-hybridized carbons (Fsp3) is 0.672. The molecule has 19 atom stereocenters. The van der Waals surface area contributed by atoms with Crippen molar-refractivity contribution in [3.63, 3.8) is 0 Å². The number of H-pyrrole nitrogens is 1. The van der Waals surface area contributed by atoms with Crippen LogP contribution in [0.15, 0.2) is 77.1 Å². The summed E-state index contributed by atoms with van der Waals surface area (Å²) in [5.41, 5.74) is 5.17. The molecule has 13 nitrogen and oxygen atoms in total. The number of cyclic esters (lactones) is 1. The number of carbonyl (C=O) groups excluding carboxylic acids is 2. The Morgan fingerprint density at radius 2 is 1.77 bits per heavy atom. The smallest absolute Gasteiger partial charge is 0.313 e. The number of aliphatic imine (C=N–C) groups is 1. The number of aromatic amines is 1. The van der Waals surface area contributed by atoms with E-state index in [2.05, 4.69) is 40.1 Å². The first kappa shape index (κ1) is 50.3. The van der Waals surface area contributed by atoms with Gasteiger partial charge in [-0.1, -0.05) is 61.7 Å². The molecule has 384 valence electrons. The van der Waals surface area contributed by atoms with E-state index in [0.29, 0.717) is 43.7 Å². The molecule has 2 heterocycles. The second-order valence-corrected chi connectivity index (χ2v) is 24.1. The molecule has 7 aliphatic carbocycles. The van der Waals surface area contributed by atoms with E-state index in [-0.39, 0.29) is 111 Å². The molecule has 1 aliphatic heterocycles. The summed E-state index contributed by atoms with van der Waals surface area (Å²) in [6.45, 7) is 6.75. The van der Waals surface area contributed by atoms with E-state index in [1.54, 1.807) is 13.0 Å². The number of esters is 1. The van der Waals surface area contributed by atoms with Crippen LogP contribution in [0.4, 0.5) is 0 Å². The maximum Gasteiger partial charge on any atom is 0.313 e. The molecule has 0 spiro atoms. The van der Waals surface area contributed by atoms with E-state index in [9.17, 15) is 40.2 Å². The SMILES string of the molecule is CC1CCC2=CCC3C(CO)CC(O)C(C)(O)C4C(CC#CC(C5COC(=O)C5c5cc[nH]c5)CC3C2C1)CC1(O)C2=CC(=O)C3CC(O)C(O)CC3(C)C2CCC41CCNC(N)=NCc1ccccc1. The van der Waals surface area contributed by atoms with Crippen LogP contribution in [0.1, 0.15) is 121 Å². The number of carbonyl (C=O) groups is 2. The van der Waals surface area contributed by atoms with Gasteiger partial charge >= 0.3 is 5.97 Å². The largest absolute Gasteiger partial charge is 0.465 e. The van der Waals surface area contributed by atoms with Gasteiger partial charge in [0.15, 0.2) is 11.7 Å². The van der Waals surface area contributed by atoms with Crippen LogP contribution >= 0.6 is 0 Å². The number of nitrogens with zero attached hydrogens (tertiary/aromatic N) is 1. The number of ether oxygens (including phenoxy) is 1. The maximum absolute atomic E-state index is 14.5. The van der Waals surface area contributed by atoms with Gasteiger partial charge in [-0.2, -0.15) is 0 Å². The van der Waals surface area contributed by atoms with Crippen molar-refractivity contribution in [1.82, 2.24) is 10.3 Å². The van der Waals surface area contributed by atoms with Crippen molar-refractivity contribution in [2.75, 3.05) is 19.8 Å². The van der Waals surface area contributed by atoms with Crippen molar-refractivity contribution in [1.29, 1.82) is 0 Å². The molecule has 1 aromatic carbocycles. The number of ketones is 1. The summed E-state index contributed by atoms with van der Waals surface area (Å²) in [5.74, 6) is 4.71. The minimum absolute atomic E-state index is 0.0298. The zero-order valence-electron chi connectivity index (χ0n) is 41.9. The lowest BCUT2D eigenvalue weighted by molar-refractivity contribution is -0.190. The predicted molar refractivity (Wildman–Crippen MR) is 269 cm³/mol. The number of fused-ring (bicyclic) bond motifs is 10. The third kappa shape index (κ3) is 8.74. The summed E-state index contributed by atoms with van der Waals surface area (Å²) >= 11 is 0. The van der Waals surface area contributed by atoms with Crippen molar-refractivity contribution >= 4 is 17.7 Å². The number of guanidine groups is 1. The van der Waals surface area contributed by atoms with Gasteiger partial charge in [0.25, 0.3) is 0 Å². The third-order valence-corrected chi connectivity index (χ3v) is 20.4. The molecule has 71 heavy (non-hydrogen) atoms. The molecular formula is C58H78N4O9. The number of allylic oxidation sites excluding steroid dienone is 3. The number of hydrogen-bond donors (Lipinski definition) is 9. The molecule has 1 aromatic heterocycles. The molecule has 0 radical (unpaired) electrons. The maximum atomic E-state index is 14.5. The molecule has 1 saturated heterocycles. The summed E-state index contributed by atoms with van der Waals surface area (Å²) in [5, 5.41) is 77.3. The Bertz CT molecular complexity index is 2440. The molecule has 8 aliphatic rings. The molecule has 10 N–H and O–H groups in total. The summed E-state index contributed by atoms with van der Waals surface area (Å²) in [4.78, 5) is 35.9. The van der Waals surface area contributed by atoms with Crippen molar-refractivity contribution in [3.8, 4) is 11.8 Å². The van der Waals surface area contributed by atoms with E-state index < -0.39 is 64.0 Å². The fourth-order valence-corrected chi connectivity index (χ4v) is 16.9. The number of aromatic nitrogens is 1. The first-order valence-corrected chi connectivity index (χ1v) is 26.9. The standard InChI is InChI=1S/C58H78N4O9/c1-33-12-13-35-14-15-40-39(31-63)24-50(67)56(3,69)52-37(11-7-10-36(23-42(40)41(35)22-33)43-32-71-53(68)51(43)38-17-20-60-30-38)27-58(70)45-25-47(64)46-26-48(65)49(66)28-55(46,2)44(45)16-18-57(52,58)19-21-61-54(59)62-29-34-8-5-4-6-9-34/h4-6,8-9,14,17,20,25,30,33,36-37,39-44,46,48-52,60,63,65-67,69-70H,11-13,15-16,18-19,21-24,26-29,31-32H2,1-3H3,(H3,59,61,62). The summed E-state index contributed by atoms with van der Waals surface area (Å²) in [6, 6.07) is 11.7. The number of nitrogens with one attached hydrogen (secondary N) is 2. The fourth-order valence-electron chi connectivity index (χ4n) is 16.9. The molecule has 19 unspecified atom stereocenters. The Hall–Kier alpha value is -4.29. The van der Waals surface area contributed by atoms with E-state index in [4.69, 9.17) is 10.5 Å². The van der Waals surface area contributed by atoms with Gasteiger partial charge in [-0.3, -0.25) is 9.59 Å². The number of aliphatic hydroxyl groups excluding tert-OH is 4. The zero-order chi connectivity index (χ0) is 50.0. The highest BCUT2D eigenvalue weighted by Crippen LogP contribution is 2.72. The van der Waals surface area contributed by atoms with Crippen LogP contribution in [-0.2, 0) is 20.9 Å². The monoisotopic (exact) mass is 975 g/mol. The quantitative estimate of drug-likeness (QED) is 0.0513. The lowest BCUT2D eigenvalue weighted by Crippen LogP contribution is -2.64. The van der Waals surface area contributed by atoms with E-state index in [0.717, 1.165) is 36.8 Å². The minimum atomic E-state index is -1.80. The van der Waals surface area contributed by atoms with Crippen molar-refractivity contribution in [2.24, 2.45) is 86.7 Å². The highest BCUT2D eigenvalue weighted by Gasteiger charge is 2.73. The number of hydrogen-bond acceptors (Lipinski definition) is 10. The highest BCUT2D eigenvalue weighted by molar-refractivity contribution is 5.95. The van der Waals surface area contributed by atoms with Crippen LogP contribution in [-0.4, -0.2) is 103 Å². The number of aliphatic hydroxyl groups is 6. The summed E-state index contributed by atoms with van der Waals surface area (Å²) in [7, 11) is 0. The molecular weight excluding hydrogens is 897 g/mol. The first-order chi connectivity index (χ1) is 34.0. The average Bonchev–Trinajstić information content (AvgIpc) is 4.07. The van der Waals surface area contributed by atoms with Gasteiger partial charge in [-0.05, 0) is 160 Å². The predicted octanol–water partition coefficient (Wildman–Crippen LogP) is 5.70. The molecule has 0 amide bonds. The molecule has 5 fully saturated rings. The van der Waals surface area contributed by atoms with Gasteiger partial charge in [0, 0.05) is 61.1 Å². The molecule has 4 saturated carbocycles. The van der Waals surface area contributed by atoms with E-state index >= 15 is 0 Å². The van der Waals surface area contributed by atoms with E-state index in [1.165, 1.54) is 5.57 Å². The van der Waals surface area contributed by atoms with Crippen LogP contribution in [0.2, 0.25) is 0 Å². The summed E-state index contributed by atoms with van der Waals surface area (Å²) < 4.78 is 5.90. The van der Waals surface area contributed by atoms with Crippen molar-refractivity contribution in [2.45, 2.75) is 146 Å². The molecule has 2 aromatic rings. The zero-order valence-corrected chi connectivity index (χ0v) is 41.9. The Kier molecular flexibility index (Phi) is 13.8. The minimum Gasteiger partial charge on any atom is -0.465 e. The Morgan fingerprint density at radius 3 is 2.54 bits per heavy atom. The first-order valence-electron chi connectivity index (χ1n) is 26.9. The highest BCUT2D eigenvalue weighted by atomic mass is 16.5. The average molecular weight is 975 g/mol. The lowest BCUT2D eigenvalue weighted by atomic mass is 9.44.